The zero-order chi connectivity index (χ0) is 24.1. The summed E-state index contributed by atoms with van der Waals surface area (Å²) in [5.74, 6) is -0.923. The minimum Gasteiger partial charge on any atom is -0.206 e. The Balaban J connectivity index is 1.52. The van der Waals surface area contributed by atoms with E-state index in [-0.39, 0.29) is 11.4 Å². The number of hydrogen-bond donors (Lipinski definition) is 0. The molecule has 0 bridgehead atoms. The predicted molar refractivity (Wildman–Crippen MR) is 135 cm³/mol. The van der Waals surface area contributed by atoms with Gasteiger partial charge in [-0.3, -0.25) is 0 Å². The second kappa shape index (κ2) is 10.9. The van der Waals surface area contributed by atoms with Crippen molar-refractivity contribution in [3.05, 3.63) is 108 Å². The van der Waals surface area contributed by atoms with E-state index in [1.807, 2.05) is 37.3 Å². The predicted octanol–water partition coefficient (Wildman–Crippen LogP) is 9.41. The van der Waals surface area contributed by atoms with Crippen LogP contribution in [0.25, 0.3) is 22.3 Å². The molecule has 0 unspecified atom stereocenters. The van der Waals surface area contributed by atoms with Crippen molar-refractivity contribution < 1.29 is 13.2 Å². The van der Waals surface area contributed by atoms with E-state index in [1.54, 1.807) is 42.5 Å². The van der Waals surface area contributed by atoms with Gasteiger partial charge in [0.1, 0.15) is 5.82 Å². The first-order valence-corrected chi connectivity index (χ1v) is 12.1. The minimum absolute atomic E-state index is 0.213. The van der Waals surface area contributed by atoms with E-state index in [2.05, 4.69) is 6.58 Å². The third-order valence-electron chi connectivity index (χ3n) is 7.05. The van der Waals surface area contributed by atoms with Crippen LogP contribution in [0.5, 0.6) is 0 Å². The van der Waals surface area contributed by atoms with E-state index in [0.717, 1.165) is 31.2 Å². The first-order valence-electron chi connectivity index (χ1n) is 12.1. The topological polar surface area (TPSA) is 0 Å². The molecule has 176 valence electrons. The minimum atomic E-state index is -0.840. The Morgan fingerprint density at radius 1 is 0.824 bits per heavy atom. The van der Waals surface area contributed by atoms with Gasteiger partial charge in [0.25, 0.3) is 0 Å². The Morgan fingerprint density at radius 2 is 1.47 bits per heavy atom. The van der Waals surface area contributed by atoms with Gasteiger partial charge in [-0.05, 0) is 85.6 Å². The summed E-state index contributed by atoms with van der Waals surface area (Å²) in [5.41, 5.74) is 3.43. The molecule has 1 aliphatic rings. The normalized spacial score (nSPS) is 18.4. The van der Waals surface area contributed by atoms with Gasteiger partial charge in [0, 0.05) is 11.1 Å². The lowest BCUT2D eigenvalue weighted by atomic mass is 9.78. The van der Waals surface area contributed by atoms with Crippen LogP contribution in [0.2, 0.25) is 0 Å². The summed E-state index contributed by atoms with van der Waals surface area (Å²) < 4.78 is 44.3. The van der Waals surface area contributed by atoms with Crippen LogP contribution in [0.4, 0.5) is 13.2 Å². The van der Waals surface area contributed by atoms with E-state index in [9.17, 15) is 8.78 Å². The molecule has 3 aromatic rings. The molecular weight excluding hydrogens is 429 g/mol. The number of rotatable bonds is 7. The Labute approximate surface area is 200 Å². The van der Waals surface area contributed by atoms with Crippen LogP contribution < -0.4 is 0 Å². The fraction of sp³-hybridized carbons (Fsp3) is 0.290. The lowest BCUT2D eigenvalue weighted by molar-refractivity contribution is 0.375. The molecule has 4 rings (SSSR count). The van der Waals surface area contributed by atoms with Crippen LogP contribution in [-0.2, 0) is 6.42 Å². The highest BCUT2D eigenvalue weighted by molar-refractivity contribution is 5.71. The Hall–Kier alpha value is -3.07. The molecule has 0 nitrogen and oxygen atoms in total. The second-order valence-corrected chi connectivity index (χ2v) is 9.17. The third-order valence-corrected chi connectivity index (χ3v) is 7.05. The van der Waals surface area contributed by atoms with Crippen molar-refractivity contribution in [3.63, 3.8) is 0 Å². The SMILES string of the molecule is C=CC1CCC(c2ccc(-c3ccc(-c4ccc(CC/C=C/C)c(F)c4F)cc3)c(F)c2)CC1. The van der Waals surface area contributed by atoms with Gasteiger partial charge in [-0.25, -0.2) is 13.2 Å². The Morgan fingerprint density at radius 3 is 2.09 bits per heavy atom. The van der Waals surface area contributed by atoms with Crippen molar-refractivity contribution in [2.24, 2.45) is 5.92 Å². The van der Waals surface area contributed by atoms with Gasteiger partial charge in [0.15, 0.2) is 11.6 Å². The molecule has 0 spiro atoms. The number of aryl methyl sites for hydroxylation is 1. The molecule has 1 fully saturated rings. The number of hydrogen-bond acceptors (Lipinski definition) is 0. The van der Waals surface area contributed by atoms with Crippen LogP contribution in [-0.4, -0.2) is 0 Å². The molecule has 0 aliphatic heterocycles. The molecule has 0 saturated heterocycles. The maximum atomic E-state index is 15.0. The maximum absolute atomic E-state index is 15.0. The highest BCUT2D eigenvalue weighted by Gasteiger charge is 2.21. The highest BCUT2D eigenvalue weighted by Crippen LogP contribution is 2.38. The van der Waals surface area contributed by atoms with E-state index < -0.39 is 11.6 Å². The van der Waals surface area contributed by atoms with Gasteiger partial charge < -0.3 is 0 Å². The van der Waals surface area contributed by atoms with Crippen molar-refractivity contribution in [2.75, 3.05) is 0 Å². The zero-order valence-electron chi connectivity index (χ0n) is 19.7. The van der Waals surface area contributed by atoms with E-state index in [0.29, 0.717) is 46.9 Å². The fourth-order valence-corrected chi connectivity index (χ4v) is 4.95. The lowest BCUT2D eigenvalue weighted by Gasteiger charge is -2.27. The first-order chi connectivity index (χ1) is 16.5. The summed E-state index contributed by atoms with van der Waals surface area (Å²) in [6.45, 7) is 5.79. The number of allylic oxidation sites excluding steroid dienone is 3. The molecule has 0 amide bonds. The van der Waals surface area contributed by atoms with Crippen LogP contribution in [0, 0.1) is 23.4 Å². The third kappa shape index (κ3) is 5.19. The first kappa shape index (κ1) is 24.1. The Bertz CT molecular complexity index is 1170. The molecule has 0 radical (unpaired) electrons. The maximum Gasteiger partial charge on any atom is 0.166 e. The summed E-state index contributed by atoms with van der Waals surface area (Å²) in [6.07, 6.45) is 11.3. The van der Waals surface area contributed by atoms with Crippen LogP contribution in [0.3, 0.4) is 0 Å². The van der Waals surface area contributed by atoms with Gasteiger partial charge in [-0.2, -0.15) is 0 Å². The fourth-order valence-electron chi connectivity index (χ4n) is 4.95. The summed E-state index contributed by atoms with van der Waals surface area (Å²) in [6, 6.07) is 15.7. The van der Waals surface area contributed by atoms with E-state index in [1.165, 1.54) is 0 Å². The summed E-state index contributed by atoms with van der Waals surface area (Å²) in [7, 11) is 0. The zero-order valence-corrected chi connectivity index (χ0v) is 19.7. The van der Waals surface area contributed by atoms with Crippen LogP contribution >= 0.6 is 0 Å². The van der Waals surface area contributed by atoms with Gasteiger partial charge in [0.05, 0.1) is 0 Å². The quantitative estimate of drug-likeness (QED) is 0.308. The van der Waals surface area contributed by atoms with Crippen molar-refractivity contribution in [1.29, 1.82) is 0 Å². The molecule has 3 aromatic carbocycles. The molecule has 0 N–H and O–H groups in total. The molecule has 1 saturated carbocycles. The highest BCUT2D eigenvalue weighted by atomic mass is 19.2. The van der Waals surface area contributed by atoms with Gasteiger partial charge >= 0.3 is 0 Å². The summed E-state index contributed by atoms with van der Waals surface area (Å²) >= 11 is 0. The van der Waals surface area contributed by atoms with Crippen molar-refractivity contribution in [3.8, 4) is 22.3 Å². The smallest absolute Gasteiger partial charge is 0.166 e. The average Bonchev–Trinajstić information content (AvgIpc) is 2.87. The molecule has 0 heterocycles. The lowest BCUT2D eigenvalue weighted by Crippen LogP contribution is -2.11. The molecule has 3 heteroatoms. The van der Waals surface area contributed by atoms with E-state index in [4.69, 9.17) is 0 Å². The van der Waals surface area contributed by atoms with Crippen molar-refractivity contribution in [2.45, 2.75) is 51.4 Å². The summed E-state index contributed by atoms with van der Waals surface area (Å²) in [5, 5.41) is 0. The summed E-state index contributed by atoms with van der Waals surface area (Å²) in [4.78, 5) is 0. The molecular formula is C31H31F3. The molecule has 1 aliphatic carbocycles. The average molecular weight is 461 g/mol. The molecule has 0 atom stereocenters. The second-order valence-electron chi connectivity index (χ2n) is 9.17. The van der Waals surface area contributed by atoms with Gasteiger partial charge in [0.2, 0.25) is 0 Å². The van der Waals surface area contributed by atoms with Crippen molar-refractivity contribution >= 4 is 0 Å². The van der Waals surface area contributed by atoms with Crippen molar-refractivity contribution in [1.82, 2.24) is 0 Å². The van der Waals surface area contributed by atoms with Gasteiger partial charge in [-0.1, -0.05) is 66.8 Å². The Kier molecular flexibility index (Phi) is 7.72. The molecule has 0 aromatic heterocycles. The van der Waals surface area contributed by atoms with E-state index >= 15 is 4.39 Å². The van der Waals surface area contributed by atoms with Gasteiger partial charge in [-0.15, -0.1) is 6.58 Å². The number of halogens is 3. The largest absolute Gasteiger partial charge is 0.206 e. The number of benzene rings is 3. The van der Waals surface area contributed by atoms with Crippen LogP contribution in [0.1, 0.15) is 56.1 Å². The monoisotopic (exact) mass is 460 g/mol. The standard InChI is InChI=1S/C31H31F3/c1-3-5-6-7-25-16-19-28(31(34)30(25)33)24-14-12-23(13-15-24)27-18-17-26(20-29(27)32)22-10-8-21(4-2)9-11-22/h3-5,12-22H,2,6-11H2,1H3/b5-3+. The van der Waals surface area contributed by atoms with Crippen LogP contribution in [0.15, 0.2) is 79.4 Å². The molecule has 34 heavy (non-hydrogen) atoms.